The number of methoxy groups -OCH3 is 3. The Labute approximate surface area is 153 Å². The Kier molecular flexibility index (Phi) is 5.09. The highest BCUT2D eigenvalue weighted by atomic mass is 16.5. The van der Waals surface area contributed by atoms with Gasteiger partial charge in [-0.1, -0.05) is 12.1 Å². The van der Waals surface area contributed by atoms with E-state index < -0.39 is 0 Å². The van der Waals surface area contributed by atoms with Gasteiger partial charge in [0.1, 0.15) is 0 Å². The fraction of sp³-hybridized carbons (Fsp3) is 0.333. The van der Waals surface area contributed by atoms with E-state index in [0.717, 1.165) is 40.1 Å². The van der Waals surface area contributed by atoms with Crippen molar-refractivity contribution in [2.75, 3.05) is 42.0 Å². The molecule has 3 aromatic rings. The van der Waals surface area contributed by atoms with Gasteiger partial charge in [-0.3, -0.25) is 0 Å². The summed E-state index contributed by atoms with van der Waals surface area (Å²) in [4.78, 5) is 2.13. The summed E-state index contributed by atoms with van der Waals surface area (Å²) in [6.45, 7) is 0.894. The van der Waals surface area contributed by atoms with E-state index in [0.29, 0.717) is 17.2 Å². The molecule has 0 fully saturated rings. The van der Waals surface area contributed by atoms with Crippen LogP contribution in [0.15, 0.2) is 30.3 Å². The summed E-state index contributed by atoms with van der Waals surface area (Å²) < 4.78 is 16.4. The summed E-state index contributed by atoms with van der Waals surface area (Å²) in [6.07, 6.45) is 0.833. The van der Waals surface area contributed by atoms with E-state index in [1.807, 2.05) is 26.2 Å². The Morgan fingerprint density at radius 1 is 0.885 bits per heavy atom. The Morgan fingerprint density at radius 2 is 1.58 bits per heavy atom. The van der Waals surface area contributed by atoms with E-state index in [1.54, 1.807) is 27.4 Å². The number of phenolic OH excluding ortho intramolecular Hbond substituents is 1. The number of fused-ring (bicyclic) bond motifs is 3. The molecule has 0 spiro atoms. The van der Waals surface area contributed by atoms with Crippen molar-refractivity contribution in [3.63, 3.8) is 0 Å². The minimum absolute atomic E-state index is 0.149. The molecule has 0 heterocycles. The second kappa shape index (κ2) is 7.30. The lowest BCUT2D eigenvalue weighted by molar-refractivity contribution is 0.356. The third-order valence-corrected chi connectivity index (χ3v) is 4.67. The maximum Gasteiger partial charge on any atom is 0.168 e. The highest BCUT2D eigenvalue weighted by molar-refractivity contribution is 6.13. The summed E-state index contributed by atoms with van der Waals surface area (Å²) in [5.41, 5.74) is 1.09. The van der Waals surface area contributed by atoms with E-state index in [-0.39, 0.29) is 5.75 Å². The molecular weight excluding hydrogens is 330 g/mol. The maximum absolute atomic E-state index is 10.5. The van der Waals surface area contributed by atoms with Crippen molar-refractivity contribution in [1.29, 1.82) is 0 Å². The van der Waals surface area contributed by atoms with Crippen molar-refractivity contribution in [3.8, 4) is 23.0 Å². The van der Waals surface area contributed by atoms with Crippen molar-refractivity contribution in [2.24, 2.45) is 0 Å². The minimum atomic E-state index is 0.149. The predicted molar refractivity (Wildman–Crippen MR) is 105 cm³/mol. The van der Waals surface area contributed by atoms with Crippen molar-refractivity contribution in [2.45, 2.75) is 6.42 Å². The average molecular weight is 355 g/mol. The molecule has 0 aliphatic rings. The summed E-state index contributed by atoms with van der Waals surface area (Å²) in [5.74, 6) is 1.95. The van der Waals surface area contributed by atoms with Crippen LogP contribution in [0.4, 0.5) is 0 Å². The first-order valence-electron chi connectivity index (χ1n) is 8.52. The van der Waals surface area contributed by atoms with Crippen molar-refractivity contribution < 1.29 is 19.3 Å². The van der Waals surface area contributed by atoms with Crippen LogP contribution in [0.2, 0.25) is 0 Å². The number of phenols is 1. The van der Waals surface area contributed by atoms with Crippen molar-refractivity contribution in [3.05, 3.63) is 35.9 Å². The van der Waals surface area contributed by atoms with E-state index in [1.165, 1.54) is 0 Å². The molecule has 3 rings (SSSR count). The Balaban J connectivity index is 2.37. The molecule has 5 heteroatoms. The Hall–Kier alpha value is -2.66. The first-order valence-corrected chi connectivity index (χ1v) is 8.52. The molecule has 26 heavy (non-hydrogen) atoms. The number of benzene rings is 3. The number of likely N-dealkylation sites (N-methyl/N-ethyl adjacent to an activating group) is 1. The third kappa shape index (κ3) is 3.10. The van der Waals surface area contributed by atoms with Crippen LogP contribution in [0.5, 0.6) is 23.0 Å². The topological polar surface area (TPSA) is 51.2 Å². The zero-order valence-electron chi connectivity index (χ0n) is 15.9. The summed E-state index contributed by atoms with van der Waals surface area (Å²) in [6, 6.07) is 9.83. The smallest absolute Gasteiger partial charge is 0.168 e. The minimum Gasteiger partial charge on any atom is -0.504 e. The van der Waals surface area contributed by atoms with Crippen molar-refractivity contribution >= 4 is 21.5 Å². The van der Waals surface area contributed by atoms with Gasteiger partial charge in [-0.15, -0.1) is 0 Å². The second-order valence-corrected chi connectivity index (χ2v) is 6.56. The van der Waals surface area contributed by atoms with Crippen LogP contribution in [-0.4, -0.2) is 52.0 Å². The number of nitrogens with zero attached hydrogens (tertiary/aromatic N) is 1. The molecule has 3 aromatic carbocycles. The Morgan fingerprint density at radius 3 is 2.19 bits per heavy atom. The van der Waals surface area contributed by atoms with Crippen LogP contribution in [-0.2, 0) is 6.42 Å². The highest BCUT2D eigenvalue weighted by Crippen LogP contribution is 2.44. The van der Waals surface area contributed by atoms with E-state index >= 15 is 0 Å². The zero-order chi connectivity index (χ0) is 18.8. The average Bonchev–Trinajstić information content (AvgIpc) is 2.64. The van der Waals surface area contributed by atoms with Gasteiger partial charge in [-0.05, 0) is 60.4 Å². The monoisotopic (exact) mass is 355 g/mol. The van der Waals surface area contributed by atoms with Crippen LogP contribution < -0.4 is 14.2 Å². The van der Waals surface area contributed by atoms with Gasteiger partial charge in [0, 0.05) is 11.9 Å². The van der Waals surface area contributed by atoms with Gasteiger partial charge in [-0.25, -0.2) is 0 Å². The molecule has 0 aliphatic heterocycles. The van der Waals surface area contributed by atoms with Gasteiger partial charge < -0.3 is 24.2 Å². The molecule has 138 valence electrons. The molecule has 0 aromatic heterocycles. The molecular formula is C21H25NO4. The fourth-order valence-corrected chi connectivity index (χ4v) is 3.36. The molecule has 0 saturated heterocycles. The Bertz CT molecular complexity index is 950. The third-order valence-electron chi connectivity index (χ3n) is 4.67. The normalized spacial score (nSPS) is 11.3. The van der Waals surface area contributed by atoms with Crippen LogP contribution in [0, 0.1) is 0 Å². The molecule has 0 amide bonds. The number of hydrogen-bond donors (Lipinski definition) is 1. The lowest BCUT2D eigenvalue weighted by atomic mass is 9.95. The van der Waals surface area contributed by atoms with Crippen LogP contribution in [0.25, 0.3) is 21.5 Å². The largest absolute Gasteiger partial charge is 0.504 e. The lowest BCUT2D eigenvalue weighted by Crippen LogP contribution is -2.15. The number of hydrogen-bond acceptors (Lipinski definition) is 5. The molecule has 0 atom stereocenters. The second-order valence-electron chi connectivity index (χ2n) is 6.56. The van der Waals surface area contributed by atoms with Gasteiger partial charge >= 0.3 is 0 Å². The van der Waals surface area contributed by atoms with E-state index in [4.69, 9.17) is 14.2 Å². The summed E-state index contributed by atoms with van der Waals surface area (Å²) in [7, 11) is 8.90. The number of aromatic hydroxyl groups is 1. The molecule has 0 bridgehead atoms. The van der Waals surface area contributed by atoms with E-state index in [9.17, 15) is 5.11 Å². The number of ether oxygens (including phenoxy) is 3. The number of rotatable bonds is 6. The van der Waals surface area contributed by atoms with E-state index in [2.05, 4.69) is 17.0 Å². The summed E-state index contributed by atoms with van der Waals surface area (Å²) in [5, 5.41) is 14.5. The zero-order valence-corrected chi connectivity index (χ0v) is 15.9. The first-order chi connectivity index (χ1) is 12.5. The maximum atomic E-state index is 10.5. The van der Waals surface area contributed by atoms with Gasteiger partial charge in [0.2, 0.25) is 0 Å². The van der Waals surface area contributed by atoms with Crippen molar-refractivity contribution in [1.82, 2.24) is 4.90 Å². The predicted octanol–water partition coefficient (Wildman–Crippen LogP) is 3.83. The molecule has 0 radical (unpaired) electrons. The fourth-order valence-electron chi connectivity index (χ4n) is 3.36. The lowest BCUT2D eigenvalue weighted by Gasteiger charge is -2.17. The molecule has 0 saturated carbocycles. The van der Waals surface area contributed by atoms with Crippen LogP contribution >= 0.6 is 0 Å². The van der Waals surface area contributed by atoms with Crippen LogP contribution in [0.3, 0.4) is 0 Å². The quantitative estimate of drug-likeness (QED) is 0.681. The summed E-state index contributed by atoms with van der Waals surface area (Å²) >= 11 is 0. The molecule has 1 N–H and O–H groups in total. The molecule has 0 unspecified atom stereocenters. The standard InChI is InChI=1S/C21H25NO4/c1-22(2)9-8-14-10-17(23)21(26-5)20-15(14)7-6-13-11-18(24-3)19(25-4)12-16(13)20/h6-7,10-12,23H,8-9H2,1-5H3. The van der Waals surface area contributed by atoms with Gasteiger partial charge in [0.15, 0.2) is 23.0 Å². The highest BCUT2D eigenvalue weighted by Gasteiger charge is 2.17. The van der Waals surface area contributed by atoms with Gasteiger partial charge in [-0.2, -0.15) is 0 Å². The SMILES string of the molecule is COc1cc2ccc3c(CCN(C)C)cc(O)c(OC)c3c2cc1OC. The van der Waals surface area contributed by atoms with Crippen LogP contribution in [0.1, 0.15) is 5.56 Å². The van der Waals surface area contributed by atoms with Gasteiger partial charge in [0.25, 0.3) is 0 Å². The first kappa shape index (κ1) is 18.1. The van der Waals surface area contributed by atoms with Gasteiger partial charge in [0.05, 0.1) is 21.3 Å². The molecule has 5 nitrogen and oxygen atoms in total. The molecule has 0 aliphatic carbocycles.